The van der Waals surface area contributed by atoms with E-state index in [0.29, 0.717) is 22.0 Å². The summed E-state index contributed by atoms with van der Waals surface area (Å²) in [4.78, 5) is 12.3. The van der Waals surface area contributed by atoms with Crippen molar-refractivity contribution in [2.24, 2.45) is 0 Å². The maximum Gasteiger partial charge on any atom is 0.416 e. The first-order chi connectivity index (χ1) is 16.3. The van der Waals surface area contributed by atoms with Gasteiger partial charge in [-0.25, -0.2) is 17.2 Å². The molecule has 0 saturated carbocycles. The predicted octanol–water partition coefficient (Wildman–Crippen LogP) is 5.13. The fourth-order valence-electron chi connectivity index (χ4n) is 3.17. The predicted molar refractivity (Wildman–Crippen MR) is 119 cm³/mol. The van der Waals surface area contributed by atoms with Crippen LogP contribution >= 0.6 is 0 Å². The van der Waals surface area contributed by atoms with E-state index < -0.39 is 62.1 Å². The van der Waals surface area contributed by atoms with Crippen molar-refractivity contribution in [1.82, 2.24) is 0 Å². The Bertz CT molecular complexity index is 1360. The average Bonchev–Trinajstić information content (AvgIpc) is 2.78. The third-order valence-electron chi connectivity index (χ3n) is 4.84. The highest BCUT2D eigenvalue weighted by Gasteiger charge is 2.34. The number of ether oxygens (including phenoxy) is 1. The molecule has 1 amide bonds. The second-order valence-electron chi connectivity index (χ2n) is 7.39. The van der Waals surface area contributed by atoms with Crippen molar-refractivity contribution in [1.29, 1.82) is 0 Å². The zero-order valence-corrected chi connectivity index (χ0v) is 19.2. The number of nitrogens with zero attached hydrogens (tertiary/aromatic N) is 1. The Kier molecular flexibility index (Phi) is 7.34. The van der Waals surface area contributed by atoms with E-state index in [2.05, 4.69) is 5.32 Å². The van der Waals surface area contributed by atoms with Gasteiger partial charge in [-0.1, -0.05) is 12.1 Å². The van der Waals surface area contributed by atoms with Gasteiger partial charge in [0.1, 0.15) is 28.8 Å². The Balaban J connectivity index is 2.09. The molecule has 12 heteroatoms. The van der Waals surface area contributed by atoms with Crippen LogP contribution in [-0.4, -0.2) is 28.0 Å². The second kappa shape index (κ2) is 9.90. The van der Waals surface area contributed by atoms with Crippen molar-refractivity contribution in [3.8, 4) is 5.75 Å². The summed E-state index contributed by atoms with van der Waals surface area (Å²) in [6, 6.07) is 9.87. The molecule has 0 aromatic heterocycles. The van der Waals surface area contributed by atoms with Crippen LogP contribution in [0.2, 0.25) is 0 Å². The van der Waals surface area contributed by atoms with E-state index >= 15 is 0 Å². The summed E-state index contributed by atoms with van der Waals surface area (Å²) in [5, 5.41) is 2.11. The molecule has 0 unspecified atom stereocenters. The molecule has 3 aromatic carbocycles. The molecular weight excluding hydrogens is 495 g/mol. The van der Waals surface area contributed by atoms with Crippen LogP contribution in [0.4, 0.5) is 33.3 Å². The lowest BCUT2D eigenvalue weighted by Gasteiger charge is -2.26. The van der Waals surface area contributed by atoms with Gasteiger partial charge in [-0.2, -0.15) is 13.2 Å². The third-order valence-corrected chi connectivity index (χ3v) is 6.64. The lowest BCUT2D eigenvalue weighted by atomic mass is 10.2. The van der Waals surface area contributed by atoms with Crippen LogP contribution in [0.1, 0.15) is 11.1 Å². The lowest BCUT2D eigenvalue weighted by molar-refractivity contribution is -0.137. The number of sulfonamides is 1. The average molecular weight is 514 g/mol. The van der Waals surface area contributed by atoms with Crippen LogP contribution < -0.4 is 14.4 Å². The molecule has 0 heterocycles. The number of hydrogen-bond donors (Lipinski definition) is 1. The summed E-state index contributed by atoms with van der Waals surface area (Å²) in [5.41, 5.74) is -1.54. The van der Waals surface area contributed by atoms with E-state index in [1.165, 1.54) is 19.2 Å². The minimum atomic E-state index is -4.79. The number of halogens is 5. The van der Waals surface area contributed by atoms with Crippen LogP contribution in [-0.2, 0) is 21.0 Å². The van der Waals surface area contributed by atoms with E-state index in [1.54, 1.807) is 13.0 Å². The molecule has 35 heavy (non-hydrogen) atoms. The van der Waals surface area contributed by atoms with Crippen LogP contribution in [0, 0.1) is 18.6 Å². The number of alkyl halides is 3. The SMILES string of the molecule is COc1ccc(C)cc1S(=O)(=O)N(CC(=O)Nc1ccc(F)cc1F)c1cccc(C(F)(F)F)c1. The number of aryl methyl sites for hydroxylation is 1. The molecule has 0 spiro atoms. The maximum absolute atomic E-state index is 14.0. The molecule has 0 saturated heterocycles. The van der Waals surface area contributed by atoms with Gasteiger partial charge in [0, 0.05) is 6.07 Å². The van der Waals surface area contributed by atoms with Crippen LogP contribution in [0.5, 0.6) is 5.75 Å². The maximum atomic E-state index is 14.0. The summed E-state index contributed by atoms with van der Waals surface area (Å²) in [6.45, 7) is 0.578. The molecule has 0 atom stereocenters. The van der Waals surface area contributed by atoms with E-state index in [4.69, 9.17) is 4.74 Å². The normalized spacial score (nSPS) is 11.7. The monoisotopic (exact) mass is 514 g/mol. The summed E-state index contributed by atoms with van der Waals surface area (Å²) in [5.74, 6) is -3.20. The van der Waals surface area contributed by atoms with Gasteiger partial charge in [-0.05, 0) is 55.0 Å². The van der Waals surface area contributed by atoms with Gasteiger partial charge in [-0.3, -0.25) is 9.10 Å². The number of carbonyl (C=O) groups is 1. The Morgan fingerprint density at radius 1 is 1.03 bits per heavy atom. The first kappa shape index (κ1) is 25.9. The van der Waals surface area contributed by atoms with Crippen molar-refractivity contribution >= 4 is 27.3 Å². The highest BCUT2D eigenvalue weighted by molar-refractivity contribution is 7.93. The highest BCUT2D eigenvalue weighted by Crippen LogP contribution is 2.35. The second-order valence-corrected chi connectivity index (χ2v) is 9.22. The zero-order chi connectivity index (χ0) is 26.0. The zero-order valence-electron chi connectivity index (χ0n) is 18.4. The standard InChI is InChI=1S/C23H19F5N2O4S/c1-14-6-9-20(34-2)21(10-14)35(32,33)30(17-5-3-4-15(11-17)23(26,27)28)13-22(31)29-19-8-7-16(24)12-18(19)25/h3-12H,13H2,1-2H3,(H,29,31). The van der Waals surface area contributed by atoms with Crippen molar-refractivity contribution in [3.05, 3.63) is 83.4 Å². The Labute approximate surface area is 198 Å². The smallest absolute Gasteiger partial charge is 0.416 e. The minimum absolute atomic E-state index is 0.0995. The van der Waals surface area contributed by atoms with Crippen LogP contribution in [0.15, 0.2) is 65.6 Å². The molecule has 0 aliphatic rings. The van der Waals surface area contributed by atoms with E-state index in [9.17, 15) is 35.2 Å². The topological polar surface area (TPSA) is 75.7 Å². The molecule has 6 nitrogen and oxygen atoms in total. The van der Waals surface area contributed by atoms with Crippen molar-refractivity contribution in [3.63, 3.8) is 0 Å². The quantitative estimate of drug-likeness (QED) is 0.444. The van der Waals surface area contributed by atoms with Gasteiger partial charge >= 0.3 is 6.18 Å². The largest absolute Gasteiger partial charge is 0.495 e. The van der Waals surface area contributed by atoms with Crippen molar-refractivity contribution < 1.29 is 39.9 Å². The lowest BCUT2D eigenvalue weighted by Crippen LogP contribution is -2.38. The van der Waals surface area contributed by atoms with Gasteiger partial charge in [0.2, 0.25) is 5.91 Å². The number of methoxy groups -OCH3 is 1. The highest BCUT2D eigenvalue weighted by atomic mass is 32.2. The number of hydrogen-bond acceptors (Lipinski definition) is 4. The number of carbonyl (C=O) groups excluding carboxylic acids is 1. The van der Waals surface area contributed by atoms with Gasteiger partial charge in [0.25, 0.3) is 10.0 Å². The fraction of sp³-hybridized carbons (Fsp3) is 0.174. The minimum Gasteiger partial charge on any atom is -0.495 e. The molecule has 0 aliphatic carbocycles. The molecule has 1 N–H and O–H groups in total. The van der Waals surface area contributed by atoms with Gasteiger partial charge in [0.15, 0.2) is 0 Å². The summed E-state index contributed by atoms with van der Waals surface area (Å²) < 4.78 is 99.8. The fourth-order valence-corrected chi connectivity index (χ4v) is 4.82. The molecular formula is C23H19F5N2O4S. The Morgan fingerprint density at radius 3 is 2.37 bits per heavy atom. The Morgan fingerprint density at radius 2 is 1.74 bits per heavy atom. The number of nitrogens with one attached hydrogen (secondary N) is 1. The van der Waals surface area contributed by atoms with Crippen molar-refractivity contribution in [2.75, 3.05) is 23.3 Å². The van der Waals surface area contributed by atoms with Gasteiger partial charge in [0.05, 0.1) is 24.0 Å². The number of amides is 1. The summed E-state index contributed by atoms with van der Waals surface area (Å²) in [6.07, 6.45) is -4.79. The molecule has 186 valence electrons. The first-order valence-electron chi connectivity index (χ1n) is 9.92. The molecule has 0 fully saturated rings. The number of anilines is 2. The third kappa shape index (κ3) is 5.88. The number of benzene rings is 3. The van der Waals surface area contributed by atoms with Gasteiger partial charge < -0.3 is 10.1 Å². The van der Waals surface area contributed by atoms with Gasteiger partial charge in [-0.15, -0.1) is 0 Å². The molecule has 0 aliphatic heterocycles. The number of rotatable bonds is 7. The van der Waals surface area contributed by atoms with E-state index in [-0.39, 0.29) is 5.75 Å². The van der Waals surface area contributed by atoms with Crippen molar-refractivity contribution in [2.45, 2.75) is 18.0 Å². The molecule has 3 aromatic rings. The summed E-state index contributed by atoms with van der Waals surface area (Å²) >= 11 is 0. The first-order valence-corrected chi connectivity index (χ1v) is 11.4. The van der Waals surface area contributed by atoms with E-state index in [1.807, 2.05) is 0 Å². The molecule has 3 rings (SSSR count). The molecule has 0 bridgehead atoms. The molecule has 0 radical (unpaired) electrons. The summed E-state index contributed by atoms with van der Waals surface area (Å²) in [7, 11) is -3.45. The van der Waals surface area contributed by atoms with Crippen LogP contribution in [0.25, 0.3) is 0 Å². The van der Waals surface area contributed by atoms with Crippen LogP contribution in [0.3, 0.4) is 0 Å². The van der Waals surface area contributed by atoms with E-state index in [0.717, 1.165) is 30.3 Å². The Hall–Kier alpha value is -3.67.